The van der Waals surface area contributed by atoms with E-state index in [1.807, 2.05) is 37.3 Å². The number of imidazole rings is 1. The summed E-state index contributed by atoms with van der Waals surface area (Å²) in [4.78, 5) is 50.9. The molecule has 1 aromatic carbocycles. The summed E-state index contributed by atoms with van der Waals surface area (Å²) in [6, 6.07) is 9.30. The van der Waals surface area contributed by atoms with E-state index in [-0.39, 0.29) is 17.9 Å². The van der Waals surface area contributed by atoms with E-state index in [1.54, 1.807) is 31.1 Å². The van der Waals surface area contributed by atoms with Gasteiger partial charge in [-0.2, -0.15) is 0 Å². The summed E-state index contributed by atoms with van der Waals surface area (Å²) in [7, 11) is 4.42. The zero-order chi connectivity index (χ0) is 25.7. The van der Waals surface area contributed by atoms with Gasteiger partial charge in [-0.25, -0.2) is 4.98 Å². The Morgan fingerprint density at radius 3 is 2.11 bits per heavy atom. The number of nitrogens with zero attached hydrogens (tertiary/aromatic N) is 2. The summed E-state index contributed by atoms with van der Waals surface area (Å²) in [5.41, 5.74) is 1.52. The molecule has 10 heteroatoms. The van der Waals surface area contributed by atoms with Crippen LogP contribution in [0.2, 0.25) is 0 Å². The van der Waals surface area contributed by atoms with Crippen LogP contribution in [0.25, 0.3) is 0 Å². The van der Waals surface area contributed by atoms with Gasteiger partial charge in [-0.05, 0) is 12.0 Å². The summed E-state index contributed by atoms with van der Waals surface area (Å²) >= 11 is 0. The average molecular weight is 487 g/mol. The molecular weight excluding hydrogens is 456 g/mol. The monoisotopic (exact) mass is 486 g/mol. The van der Waals surface area contributed by atoms with Crippen molar-refractivity contribution >= 4 is 23.9 Å². The number of carbonyl (C=O) groups is 4. The minimum absolute atomic E-state index is 0.318. The predicted molar refractivity (Wildman–Crippen MR) is 121 cm³/mol. The molecule has 3 heterocycles. The number of ether oxygens (including phenoxy) is 4. The predicted octanol–water partition coefficient (Wildman–Crippen LogP) is 2.54. The minimum atomic E-state index is -0.613. The number of aromatic nitrogens is 2. The van der Waals surface area contributed by atoms with Crippen molar-refractivity contribution in [3.05, 3.63) is 54.1 Å². The van der Waals surface area contributed by atoms with Gasteiger partial charge in [-0.3, -0.25) is 19.2 Å². The van der Waals surface area contributed by atoms with E-state index in [2.05, 4.69) is 4.98 Å². The van der Waals surface area contributed by atoms with Crippen molar-refractivity contribution in [2.75, 3.05) is 14.2 Å². The lowest BCUT2D eigenvalue weighted by atomic mass is 9.85. The highest BCUT2D eigenvalue weighted by molar-refractivity contribution is 5.86. The second kappa shape index (κ2) is 11.2. The van der Waals surface area contributed by atoms with Gasteiger partial charge in [0.15, 0.2) is 6.10 Å². The first-order valence-electron chi connectivity index (χ1n) is 11.3. The van der Waals surface area contributed by atoms with Gasteiger partial charge >= 0.3 is 23.9 Å². The quantitative estimate of drug-likeness (QED) is 0.463. The fraction of sp³-hybridized carbons (Fsp3) is 0.480. The molecule has 188 valence electrons. The van der Waals surface area contributed by atoms with Crippen molar-refractivity contribution in [2.24, 2.45) is 30.7 Å². The molecule has 2 aliphatic rings. The SMILES string of the molecule is CC[C@@H]1C(=O)OC(c2ccccc2)C1C(=O)OC.COC(=O)C1C(c2cncn2C)OC(=O)[C@H]1C. The Labute approximate surface area is 203 Å². The van der Waals surface area contributed by atoms with Gasteiger partial charge in [0, 0.05) is 7.05 Å². The van der Waals surface area contributed by atoms with Gasteiger partial charge in [-0.15, -0.1) is 0 Å². The molecule has 1 aromatic heterocycles. The Balaban J connectivity index is 0.000000196. The molecule has 0 spiro atoms. The molecule has 10 nitrogen and oxygen atoms in total. The molecule has 6 atom stereocenters. The fourth-order valence-electron chi connectivity index (χ4n) is 4.47. The van der Waals surface area contributed by atoms with Crippen LogP contribution in [0.15, 0.2) is 42.9 Å². The summed E-state index contributed by atoms with van der Waals surface area (Å²) in [6.45, 7) is 3.54. The van der Waals surface area contributed by atoms with Crippen molar-refractivity contribution in [3.63, 3.8) is 0 Å². The zero-order valence-corrected chi connectivity index (χ0v) is 20.4. The molecule has 35 heavy (non-hydrogen) atoms. The van der Waals surface area contributed by atoms with E-state index >= 15 is 0 Å². The molecule has 0 aliphatic carbocycles. The maximum Gasteiger partial charge on any atom is 0.313 e. The molecule has 4 unspecified atom stereocenters. The first-order valence-corrected chi connectivity index (χ1v) is 11.3. The lowest BCUT2D eigenvalue weighted by Crippen LogP contribution is -2.26. The molecule has 2 fully saturated rings. The van der Waals surface area contributed by atoms with Crippen LogP contribution in [0.5, 0.6) is 0 Å². The summed E-state index contributed by atoms with van der Waals surface area (Å²) in [5.74, 6) is -3.59. The maximum atomic E-state index is 11.9. The number of aryl methyl sites for hydroxylation is 1. The van der Waals surface area contributed by atoms with Crippen molar-refractivity contribution in [3.8, 4) is 0 Å². The Morgan fingerprint density at radius 1 is 0.971 bits per heavy atom. The Kier molecular flexibility index (Phi) is 8.26. The summed E-state index contributed by atoms with van der Waals surface area (Å²) in [5, 5.41) is 0. The molecule has 0 amide bonds. The molecule has 0 N–H and O–H groups in total. The smallest absolute Gasteiger partial charge is 0.313 e. The average Bonchev–Trinajstić information content (AvgIpc) is 3.53. The molecule has 2 aromatic rings. The van der Waals surface area contributed by atoms with Gasteiger partial charge in [0.1, 0.15) is 17.9 Å². The first kappa shape index (κ1) is 25.9. The number of cyclic esters (lactones) is 2. The van der Waals surface area contributed by atoms with Gasteiger partial charge in [0.25, 0.3) is 0 Å². The van der Waals surface area contributed by atoms with Gasteiger partial charge in [0.05, 0.1) is 44.3 Å². The maximum absolute atomic E-state index is 11.9. The molecule has 4 rings (SSSR count). The van der Waals surface area contributed by atoms with E-state index in [9.17, 15) is 19.2 Å². The van der Waals surface area contributed by atoms with Crippen molar-refractivity contribution in [2.45, 2.75) is 32.5 Å². The van der Waals surface area contributed by atoms with Crippen LogP contribution in [0.4, 0.5) is 0 Å². The minimum Gasteiger partial charge on any atom is -0.469 e. The van der Waals surface area contributed by atoms with Crippen molar-refractivity contribution < 1.29 is 38.1 Å². The fourth-order valence-corrected chi connectivity index (χ4v) is 4.47. The van der Waals surface area contributed by atoms with E-state index in [0.29, 0.717) is 12.1 Å². The van der Waals surface area contributed by atoms with Crippen LogP contribution >= 0.6 is 0 Å². The third kappa shape index (κ3) is 5.21. The number of carbonyl (C=O) groups excluding carboxylic acids is 4. The highest BCUT2D eigenvalue weighted by Gasteiger charge is 2.50. The van der Waals surface area contributed by atoms with Crippen LogP contribution < -0.4 is 0 Å². The molecule has 0 radical (unpaired) electrons. The number of esters is 4. The van der Waals surface area contributed by atoms with Crippen LogP contribution in [-0.4, -0.2) is 47.6 Å². The highest BCUT2D eigenvalue weighted by atomic mass is 16.6. The Morgan fingerprint density at radius 2 is 1.57 bits per heavy atom. The topological polar surface area (TPSA) is 123 Å². The second-order valence-electron chi connectivity index (χ2n) is 8.46. The van der Waals surface area contributed by atoms with E-state index in [4.69, 9.17) is 18.9 Å². The number of rotatable bonds is 5. The number of methoxy groups -OCH3 is 2. The molecule has 0 saturated carbocycles. The normalized spacial score (nSPS) is 27.3. The van der Waals surface area contributed by atoms with Gasteiger partial charge in [0.2, 0.25) is 0 Å². The lowest BCUT2D eigenvalue weighted by molar-refractivity contribution is -0.149. The Hall–Kier alpha value is -3.69. The highest BCUT2D eigenvalue weighted by Crippen LogP contribution is 2.41. The standard InChI is InChI=1S/C14H16O4.C11H14N2O4/c1-3-10-11(14(16)17-2)12(18-13(10)15)9-7-5-4-6-8-9;1-6-8(11(15)16-3)9(17-10(6)14)7-4-12-5-13(7)2/h4-8,10-12H,3H2,1-2H3;4-6,8-9H,1-3H3/t10-,11?,12?;6-,8?,9?/m00/s1. The van der Waals surface area contributed by atoms with Crippen molar-refractivity contribution in [1.29, 1.82) is 0 Å². The Bertz CT molecular complexity index is 1070. The number of benzene rings is 1. The molecule has 0 bridgehead atoms. The molecular formula is C25H30N2O8. The van der Waals surface area contributed by atoms with Crippen LogP contribution in [0.3, 0.4) is 0 Å². The van der Waals surface area contributed by atoms with Crippen LogP contribution in [0.1, 0.15) is 43.7 Å². The number of hydrogen-bond donors (Lipinski definition) is 0. The first-order chi connectivity index (χ1) is 16.7. The summed E-state index contributed by atoms with van der Waals surface area (Å²) in [6.07, 6.45) is 2.61. The lowest BCUT2D eigenvalue weighted by Gasteiger charge is -2.18. The third-order valence-corrected chi connectivity index (χ3v) is 6.45. The van der Waals surface area contributed by atoms with E-state index < -0.39 is 41.8 Å². The van der Waals surface area contributed by atoms with Crippen LogP contribution in [-0.2, 0) is 45.2 Å². The summed E-state index contributed by atoms with van der Waals surface area (Å²) < 4.78 is 21.8. The van der Waals surface area contributed by atoms with Gasteiger partial charge in [-0.1, -0.05) is 44.2 Å². The molecule has 2 saturated heterocycles. The van der Waals surface area contributed by atoms with Crippen molar-refractivity contribution in [1.82, 2.24) is 9.55 Å². The van der Waals surface area contributed by atoms with Gasteiger partial charge < -0.3 is 23.5 Å². The largest absolute Gasteiger partial charge is 0.469 e. The number of hydrogen-bond acceptors (Lipinski definition) is 9. The zero-order valence-electron chi connectivity index (χ0n) is 20.4. The van der Waals surface area contributed by atoms with E-state index in [1.165, 1.54) is 14.2 Å². The second-order valence-corrected chi connectivity index (χ2v) is 8.46. The third-order valence-electron chi connectivity index (χ3n) is 6.45. The van der Waals surface area contributed by atoms with E-state index in [0.717, 1.165) is 5.56 Å². The van der Waals surface area contributed by atoms with Crippen LogP contribution in [0, 0.1) is 23.7 Å². The molecule has 2 aliphatic heterocycles.